The summed E-state index contributed by atoms with van der Waals surface area (Å²) in [4.78, 5) is 11.3. The lowest BCUT2D eigenvalue weighted by atomic mass is 10.2. The highest BCUT2D eigenvalue weighted by Crippen LogP contribution is 2.29. The Labute approximate surface area is 129 Å². The molecule has 5 nitrogen and oxygen atoms in total. The summed E-state index contributed by atoms with van der Waals surface area (Å²) < 4.78 is 20.9. The molecule has 0 N–H and O–H groups in total. The maximum atomic E-state index is 11.3. The largest absolute Gasteiger partial charge is 0.493 e. The van der Waals surface area contributed by atoms with Gasteiger partial charge in [-0.25, -0.2) is 4.79 Å². The van der Waals surface area contributed by atoms with E-state index in [0.717, 1.165) is 5.56 Å². The van der Waals surface area contributed by atoms with Crippen molar-refractivity contribution in [3.05, 3.63) is 53.5 Å². The smallest absolute Gasteiger partial charge is 0.373 e. The predicted molar refractivity (Wildman–Crippen MR) is 82.1 cm³/mol. The zero-order chi connectivity index (χ0) is 15.9. The van der Waals surface area contributed by atoms with E-state index in [0.29, 0.717) is 17.3 Å². The van der Waals surface area contributed by atoms with E-state index in [1.165, 1.54) is 7.11 Å². The van der Waals surface area contributed by atoms with Gasteiger partial charge in [0.15, 0.2) is 11.5 Å². The Bertz CT molecular complexity index is 669. The number of benzene rings is 1. The van der Waals surface area contributed by atoms with Gasteiger partial charge in [-0.1, -0.05) is 18.2 Å². The first kappa shape index (κ1) is 15.7. The molecule has 0 radical (unpaired) electrons. The van der Waals surface area contributed by atoms with Crippen molar-refractivity contribution in [1.29, 1.82) is 0 Å². The van der Waals surface area contributed by atoms with E-state index in [2.05, 4.69) is 4.74 Å². The van der Waals surface area contributed by atoms with Gasteiger partial charge in [-0.3, -0.25) is 0 Å². The predicted octanol–water partition coefficient (Wildman–Crippen LogP) is 3.69. The topological polar surface area (TPSA) is 57.9 Å². The van der Waals surface area contributed by atoms with Gasteiger partial charge in [0.25, 0.3) is 0 Å². The van der Waals surface area contributed by atoms with Crippen LogP contribution in [0.3, 0.4) is 0 Å². The first-order chi connectivity index (χ1) is 10.7. The molecule has 0 unspecified atom stereocenters. The monoisotopic (exact) mass is 302 g/mol. The second-order valence-electron chi connectivity index (χ2n) is 4.46. The molecular formula is C17H18O5. The number of carbonyl (C=O) groups excluding carboxylic acids is 1. The fraction of sp³-hybridized carbons (Fsp3) is 0.235. The number of esters is 1. The fourth-order valence-corrected chi connectivity index (χ4v) is 1.91. The molecule has 1 heterocycles. The molecule has 22 heavy (non-hydrogen) atoms. The highest BCUT2D eigenvalue weighted by molar-refractivity contribution is 5.86. The zero-order valence-electron chi connectivity index (χ0n) is 12.8. The van der Waals surface area contributed by atoms with Crippen molar-refractivity contribution in [2.24, 2.45) is 0 Å². The van der Waals surface area contributed by atoms with Crippen LogP contribution >= 0.6 is 0 Å². The molecule has 0 aliphatic carbocycles. The SMILES string of the molecule is CC=Cc1ccc(OCc2ccc(C(=O)OC)o2)c(OC)c1. The Kier molecular flexibility index (Phi) is 5.25. The summed E-state index contributed by atoms with van der Waals surface area (Å²) in [5, 5.41) is 0. The lowest BCUT2D eigenvalue weighted by Crippen LogP contribution is -1.99. The molecular weight excluding hydrogens is 284 g/mol. The third kappa shape index (κ3) is 3.69. The van der Waals surface area contributed by atoms with Gasteiger partial charge >= 0.3 is 5.97 Å². The molecule has 5 heteroatoms. The number of allylic oxidation sites excluding steroid dienone is 1. The van der Waals surface area contributed by atoms with Crippen LogP contribution in [-0.2, 0) is 11.3 Å². The molecule has 0 spiro atoms. The Morgan fingerprint density at radius 2 is 2.00 bits per heavy atom. The standard InChI is InChI=1S/C17H18O5/c1-4-5-12-6-8-14(16(10-12)19-2)21-11-13-7-9-15(22-13)17(18)20-3/h4-10H,11H2,1-3H3. The van der Waals surface area contributed by atoms with Crippen molar-refractivity contribution in [1.82, 2.24) is 0 Å². The van der Waals surface area contributed by atoms with E-state index in [9.17, 15) is 4.79 Å². The fourth-order valence-electron chi connectivity index (χ4n) is 1.91. The summed E-state index contributed by atoms with van der Waals surface area (Å²) in [7, 11) is 2.89. The molecule has 0 saturated carbocycles. The second-order valence-corrected chi connectivity index (χ2v) is 4.46. The van der Waals surface area contributed by atoms with Crippen LogP contribution in [0.15, 0.2) is 40.8 Å². The van der Waals surface area contributed by atoms with Crippen LogP contribution in [0.2, 0.25) is 0 Å². The molecule has 0 aliphatic rings. The average Bonchev–Trinajstić information content (AvgIpc) is 3.02. The van der Waals surface area contributed by atoms with E-state index >= 15 is 0 Å². The minimum absolute atomic E-state index is 0.150. The highest BCUT2D eigenvalue weighted by atomic mass is 16.5. The highest BCUT2D eigenvalue weighted by Gasteiger charge is 2.12. The number of furan rings is 1. The van der Waals surface area contributed by atoms with Crippen molar-refractivity contribution in [2.75, 3.05) is 14.2 Å². The quantitative estimate of drug-likeness (QED) is 0.762. The molecule has 0 amide bonds. The molecule has 1 aromatic heterocycles. The van der Waals surface area contributed by atoms with E-state index in [1.807, 2.05) is 37.3 Å². The Morgan fingerprint density at radius 1 is 1.18 bits per heavy atom. The van der Waals surface area contributed by atoms with Crippen LogP contribution < -0.4 is 9.47 Å². The van der Waals surface area contributed by atoms with Crippen LogP contribution in [-0.4, -0.2) is 20.2 Å². The summed E-state index contributed by atoms with van der Waals surface area (Å²) in [5.74, 6) is 1.40. The first-order valence-electron chi connectivity index (χ1n) is 6.78. The summed E-state index contributed by atoms with van der Waals surface area (Å²) >= 11 is 0. The maximum Gasteiger partial charge on any atom is 0.373 e. The molecule has 0 saturated heterocycles. The van der Waals surface area contributed by atoms with Crippen LogP contribution in [0.4, 0.5) is 0 Å². The zero-order valence-corrected chi connectivity index (χ0v) is 12.8. The van der Waals surface area contributed by atoms with Crippen LogP contribution in [0.1, 0.15) is 28.8 Å². The van der Waals surface area contributed by atoms with Gasteiger partial charge in [0.05, 0.1) is 14.2 Å². The van der Waals surface area contributed by atoms with Crippen LogP contribution in [0, 0.1) is 0 Å². The molecule has 0 fully saturated rings. The summed E-state index contributed by atoms with van der Waals surface area (Å²) in [6.07, 6.45) is 3.92. The Morgan fingerprint density at radius 3 is 2.68 bits per heavy atom. The van der Waals surface area contributed by atoms with Crippen LogP contribution in [0.5, 0.6) is 11.5 Å². The minimum atomic E-state index is -0.514. The van der Waals surface area contributed by atoms with Crippen molar-refractivity contribution in [3.63, 3.8) is 0 Å². The first-order valence-corrected chi connectivity index (χ1v) is 6.78. The summed E-state index contributed by atoms with van der Waals surface area (Å²) in [6.45, 7) is 2.14. The maximum absolute atomic E-state index is 11.3. The molecule has 2 aromatic rings. The summed E-state index contributed by atoms with van der Waals surface area (Å²) in [6, 6.07) is 8.87. The summed E-state index contributed by atoms with van der Waals surface area (Å²) in [5.41, 5.74) is 1.03. The molecule has 0 aliphatic heterocycles. The van der Waals surface area contributed by atoms with Crippen molar-refractivity contribution in [3.8, 4) is 11.5 Å². The lowest BCUT2D eigenvalue weighted by Gasteiger charge is -2.10. The number of hydrogen-bond donors (Lipinski definition) is 0. The number of methoxy groups -OCH3 is 2. The van der Waals surface area contributed by atoms with Crippen LogP contribution in [0.25, 0.3) is 6.08 Å². The molecule has 1 aromatic carbocycles. The van der Waals surface area contributed by atoms with Crippen molar-refractivity contribution in [2.45, 2.75) is 13.5 Å². The average molecular weight is 302 g/mol. The third-order valence-electron chi connectivity index (χ3n) is 2.96. The van der Waals surface area contributed by atoms with Gasteiger partial charge in [-0.15, -0.1) is 0 Å². The van der Waals surface area contributed by atoms with Crippen molar-refractivity contribution < 1.29 is 23.4 Å². The van der Waals surface area contributed by atoms with Gasteiger partial charge in [-0.2, -0.15) is 0 Å². The molecule has 2 rings (SSSR count). The number of hydrogen-bond acceptors (Lipinski definition) is 5. The number of rotatable bonds is 6. The van der Waals surface area contributed by atoms with E-state index in [-0.39, 0.29) is 12.4 Å². The molecule has 0 atom stereocenters. The van der Waals surface area contributed by atoms with E-state index in [1.54, 1.807) is 19.2 Å². The minimum Gasteiger partial charge on any atom is -0.493 e. The second kappa shape index (κ2) is 7.36. The Balaban J connectivity index is 2.07. The van der Waals surface area contributed by atoms with Gasteiger partial charge in [-0.05, 0) is 36.8 Å². The van der Waals surface area contributed by atoms with Crippen molar-refractivity contribution >= 4 is 12.0 Å². The number of carbonyl (C=O) groups is 1. The number of ether oxygens (including phenoxy) is 3. The normalized spacial score (nSPS) is 10.7. The van der Waals surface area contributed by atoms with Gasteiger partial charge < -0.3 is 18.6 Å². The van der Waals surface area contributed by atoms with E-state index in [4.69, 9.17) is 13.9 Å². The Hall–Kier alpha value is -2.69. The molecule has 0 bridgehead atoms. The van der Waals surface area contributed by atoms with Gasteiger partial charge in [0, 0.05) is 0 Å². The van der Waals surface area contributed by atoms with Gasteiger partial charge in [0.2, 0.25) is 5.76 Å². The van der Waals surface area contributed by atoms with E-state index < -0.39 is 5.97 Å². The van der Waals surface area contributed by atoms with Gasteiger partial charge in [0.1, 0.15) is 12.4 Å². The molecule has 116 valence electrons. The third-order valence-corrected chi connectivity index (χ3v) is 2.96. The lowest BCUT2D eigenvalue weighted by molar-refractivity contribution is 0.0561.